The first-order valence-electron chi connectivity index (χ1n) is 9.85. The molecule has 0 aliphatic rings. The molecule has 0 bridgehead atoms. The number of rotatable bonds is 8. The monoisotopic (exact) mass is 430 g/mol. The van der Waals surface area contributed by atoms with Gasteiger partial charge in [0.05, 0.1) is 11.1 Å². The highest BCUT2D eigenvalue weighted by Crippen LogP contribution is 2.22. The van der Waals surface area contributed by atoms with Crippen LogP contribution in [-0.2, 0) is 0 Å². The molecule has 0 radical (unpaired) electrons. The van der Waals surface area contributed by atoms with Crippen LogP contribution in [0.4, 0.5) is 5.69 Å². The van der Waals surface area contributed by atoms with Crippen molar-refractivity contribution < 1.29 is 4.74 Å². The van der Waals surface area contributed by atoms with E-state index in [0.29, 0.717) is 16.4 Å². The van der Waals surface area contributed by atoms with Crippen LogP contribution in [0.15, 0.2) is 68.5 Å². The molecule has 0 amide bonds. The molecule has 164 valence electrons. The number of unbranched alkanes of at least 4 members (excludes halogenated alkanes) is 1. The largest absolute Gasteiger partial charge is 0.491 e. The lowest BCUT2D eigenvalue weighted by Gasteiger charge is -2.21. The zero-order chi connectivity index (χ0) is 22.9. The van der Waals surface area contributed by atoms with Gasteiger partial charge in [0.2, 0.25) is 0 Å². The predicted octanol–water partition coefficient (Wildman–Crippen LogP) is 5.96. The highest BCUT2D eigenvalue weighted by atomic mass is 35.5. The number of nitrogens with zero attached hydrogens (tertiary/aromatic N) is 2. The van der Waals surface area contributed by atoms with E-state index in [2.05, 4.69) is 30.0 Å². The molecule has 0 aliphatic heterocycles. The molecule has 0 aliphatic carbocycles. The molecule has 0 fully saturated rings. The number of ether oxygens (including phenoxy) is 1. The molecule has 30 heavy (non-hydrogen) atoms. The molecule has 2 N–H and O–H groups in total. The van der Waals surface area contributed by atoms with E-state index in [1.165, 1.54) is 6.42 Å². The summed E-state index contributed by atoms with van der Waals surface area (Å²) in [6.07, 6.45) is 7.59. The van der Waals surface area contributed by atoms with Crippen molar-refractivity contribution in [2.75, 3.05) is 25.5 Å². The van der Waals surface area contributed by atoms with Gasteiger partial charge in [-0.05, 0) is 70.6 Å². The molecule has 0 saturated carbocycles. The molecular formula is C24H35ClN4O. The zero-order valence-electron chi connectivity index (χ0n) is 18.6. The summed E-state index contributed by atoms with van der Waals surface area (Å²) in [5.41, 5.74) is 1.54. The summed E-state index contributed by atoms with van der Waals surface area (Å²) in [6.45, 7) is 14.7. The number of pyridine rings is 1. The Bertz CT molecular complexity index is 747. The van der Waals surface area contributed by atoms with Gasteiger partial charge in [0.1, 0.15) is 11.6 Å². The standard InChI is InChI=1S/C16H18ClN3O.C6H13N.C2H4/c1-11(2)21-13-6-4-12(5-7-13)20(3)16(18)14-8-9-19-10-15(14)17;1-3-4-5-6-7-2;1-2/h4-11,18H,1-3H3;3,7H,1,4-6H2,2H3;1-2H2. The number of hydrogen-bond donors (Lipinski definition) is 2. The number of halogens is 1. The molecular weight excluding hydrogens is 396 g/mol. The minimum Gasteiger partial charge on any atom is -0.491 e. The summed E-state index contributed by atoms with van der Waals surface area (Å²) in [6, 6.07) is 9.36. The number of nitrogens with one attached hydrogen (secondary N) is 2. The van der Waals surface area contributed by atoms with Crippen LogP contribution in [0.5, 0.6) is 5.75 Å². The number of aromatic nitrogens is 1. The topological polar surface area (TPSA) is 61.2 Å². The van der Waals surface area contributed by atoms with Crippen molar-refractivity contribution in [3.63, 3.8) is 0 Å². The molecule has 1 aromatic carbocycles. The Balaban J connectivity index is 0.000000795. The Hall–Kier alpha value is -2.63. The lowest BCUT2D eigenvalue weighted by Crippen LogP contribution is -2.26. The van der Waals surface area contributed by atoms with Gasteiger partial charge in [0.25, 0.3) is 0 Å². The van der Waals surface area contributed by atoms with Crippen molar-refractivity contribution in [1.82, 2.24) is 10.3 Å². The van der Waals surface area contributed by atoms with Crippen LogP contribution in [0.1, 0.15) is 32.3 Å². The van der Waals surface area contributed by atoms with Crippen LogP contribution >= 0.6 is 11.6 Å². The molecule has 1 aromatic heterocycles. The van der Waals surface area contributed by atoms with E-state index in [-0.39, 0.29) is 6.10 Å². The van der Waals surface area contributed by atoms with E-state index in [1.807, 2.05) is 58.3 Å². The number of anilines is 1. The summed E-state index contributed by atoms with van der Waals surface area (Å²) < 4.78 is 5.61. The van der Waals surface area contributed by atoms with Crippen LogP contribution in [0, 0.1) is 5.41 Å². The first kappa shape index (κ1) is 27.4. The van der Waals surface area contributed by atoms with Crippen molar-refractivity contribution in [1.29, 1.82) is 5.41 Å². The highest BCUT2D eigenvalue weighted by Gasteiger charge is 2.13. The zero-order valence-corrected chi connectivity index (χ0v) is 19.4. The third-order valence-corrected chi connectivity index (χ3v) is 4.10. The number of benzene rings is 1. The fraction of sp³-hybridized carbons (Fsp3) is 0.333. The average molecular weight is 431 g/mol. The van der Waals surface area contributed by atoms with Crippen molar-refractivity contribution in [2.45, 2.75) is 32.8 Å². The number of amidine groups is 1. The van der Waals surface area contributed by atoms with Gasteiger partial charge in [-0.3, -0.25) is 10.4 Å². The van der Waals surface area contributed by atoms with Crippen LogP contribution in [0.2, 0.25) is 5.02 Å². The van der Waals surface area contributed by atoms with Crippen LogP contribution in [0.25, 0.3) is 0 Å². The highest BCUT2D eigenvalue weighted by molar-refractivity contribution is 6.34. The lowest BCUT2D eigenvalue weighted by molar-refractivity contribution is 0.242. The molecule has 2 rings (SSSR count). The summed E-state index contributed by atoms with van der Waals surface area (Å²) in [4.78, 5) is 5.70. The molecule has 5 nitrogen and oxygen atoms in total. The van der Waals surface area contributed by atoms with Gasteiger partial charge in [-0.2, -0.15) is 0 Å². The second-order valence-corrected chi connectivity index (χ2v) is 6.87. The van der Waals surface area contributed by atoms with Gasteiger partial charge >= 0.3 is 0 Å². The van der Waals surface area contributed by atoms with E-state index in [1.54, 1.807) is 23.4 Å². The Labute approximate surface area is 186 Å². The summed E-state index contributed by atoms with van der Waals surface area (Å²) in [5, 5.41) is 11.8. The predicted molar refractivity (Wildman–Crippen MR) is 131 cm³/mol. The number of allylic oxidation sites excluding steroid dienone is 1. The molecule has 0 saturated heterocycles. The minimum atomic E-state index is 0.141. The second-order valence-electron chi connectivity index (χ2n) is 6.46. The van der Waals surface area contributed by atoms with Crippen molar-refractivity contribution >= 4 is 23.1 Å². The fourth-order valence-corrected chi connectivity index (χ4v) is 2.53. The quantitative estimate of drug-likeness (QED) is 0.235. The number of hydrogen-bond acceptors (Lipinski definition) is 4. The van der Waals surface area contributed by atoms with Crippen LogP contribution < -0.4 is 15.0 Å². The van der Waals surface area contributed by atoms with Gasteiger partial charge in [-0.15, -0.1) is 19.7 Å². The van der Waals surface area contributed by atoms with Crippen molar-refractivity contribution in [3.8, 4) is 5.75 Å². The normalized spacial score (nSPS) is 9.53. The van der Waals surface area contributed by atoms with Crippen LogP contribution in [-0.4, -0.2) is 37.6 Å². The first-order chi connectivity index (χ1) is 14.4. The maximum atomic E-state index is 8.26. The van der Waals surface area contributed by atoms with E-state index in [0.717, 1.165) is 24.4 Å². The summed E-state index contributed by atoms with van der Waals surface area (Å²) >= 11 is 6.08. The Morgan fingerprint density at radius 3 is 2.40 bits per heavy atom. The summed E-state index contributed by atoms with van der Waals surface area (Å²) in [7, 11) is 3.79. The Kier molecular flexibility index (Phi) is 14.8. The maximum absolute atomic E-state index is 8.26. The molecule has 2 aromatic rings. The molecule has 0 atom stereocenters. The molecule has 1 heterocycles. The average Bonchev–Trinajstić information content (AvgIpc) is 2.75. The molecule has 0 unspecified atom stereocenters. The molecule has 6 heteroatoms. The molecule has 0 spiro atoms. The van der Waals surface area contributed by atoms with Gasteiger partial charge in [-0.25, -0.2) is 0 Å². The lowest BCUT2D eigenvalue weighted by atomic mass is 10.2. The van der Waals surface area contributed by atoms with E-state index in [4.69, 9.17) is 21.7 Å². The smallest absolute Gasteiger partial charge is 0.133 e. The maximum Gasteiger partial charge on any atom is 0.133 e. The fourth-order valence-electron chi connectivity index (χ4n) is 2.32. The third-order valence-electron chi connectivity index (χ3n) is 3.79. The van der Waals surface area contributed by atoms with E-state index < -0.39 is 0 Å². The van der Waals surface area contributed by atoms with Crippen molar-refractivity contribution in [3.05, 3.63) is 79.1 Å². The van der Waals surface area contributed by atoms with Gasteiger partial charge in [-0.1, -0.05) is 17.7 Å². The SMILES string of the molecule is C=C.C=CCCCNC.CC(C)Oc1ccc(N(C)C(=N)c2ccncc2Cl)cc1. The third kappa shape index (κ3) is 10.2. The second kappa shape index (κ2) is 16.2. The van der Waals surface area contributed by atoms with Crippen molar-refractivity contribution in [2.24, 2.45) is 0 Å². The van der Waals surface area contributed by atoms with E-state index in [9.17, 15) is 0 Å². The van der Waals surface area contributed by atoms with Crippen LogP contribution in [0.3, 0.4) is 0 Å². The summed E-state index contributed by atoms with van der Waals surface area (Å²) in [5.74, 6) is 1.13. The Morgan fingerprint density at radius 2 is 1.90 bits per heavy atom. The Morgan fingerprint density at radius 1 is 1.27 bits per heavy atom. The van der Waals surface area contributed by atoms with Gasteiger partial charge in [0.15, 0.2) is 0 Å². The van der Waals surface area contributed by atoms with Gasteiger partial charge < -0.3 is 15.0 Å². The first-order valence-corrected chi connectivity index (χ1v) is 10.2. The van der Waals surface area contributed by atoms with E-state index >= 15 is 0 Å². The van der Waals surface area contributed by atoms with Gasteiger partial charge in [0, 0.05) is 30.7 Å². The minimum absolute atomic E-state index is 0.141.